The number of amides is 1. The van der Waals surface area contributed by atoms with Crippen LogP contribution in [0.25, 0.3) is 20.8 Å². The highest BCUT2D eigenvalue weighted by atomic mass is 32.1. The molecule has 1 aromatic carbocycles. The first-order valence-electron chi connectivity index (χ1n) is 12.3. The number of likely N-dealkylation sites (tertiary alicyclic amines) is 1. The molecule has 0 unspecified atom stereocenters. The Kier molecular flexibility index (Phi) is 5.10. The maximum Gasteiger partial charge on any atom is 0.227 e. The van der Waals surface area contributed by atoms with Crippen molar-refractivity contribution < 1.29 is 4.79 Å². The average molecular weight is 499 g/mol. The van der Waals surface area contributed by atoms with Crippen LogP contribution in [0.1, 0.15) is 19.3 Å². The van der Waals surface area contributed by atoms with Crippen LogP contribution >= 0.6 is 11.3 Å². The summed E-state index contributed by atoms with van der Waals surface area (Å²) in [7, 11) is 2.20. The number of rotatable bonds is 5. The maximum atomic E-state index is 12.2. The number of piperazine rings is 1. The number of likely N-dealkylation sites (N-methyl/N-ethyl adjacent to an activating group) is 1. The molecule has 0 saturated carbocycles. The first-order chi connectivity index (χ1) is 17.6. The Bertz CT molecular complexity index is 1470. The molecule has 3 saturated heterocycles. The fourth-order valence-electron chi connectivity index (χ4n) is 5.59. The van der Waals surface area contributed by atoms with E-state index in [9.17, 15) is 4.79 Å². The van der Waals surface area contributed by atoms with E-state index < -0.39 is 0 Å². The Morgan fingerprint density at radius 1 is 1.06 bits per heavy atom. The summed E-state index contributed by atoms with van der Waals surface area (Å²) < 4.78 is 1.01. The van der Waals surface area contributed by atoms with Gasteiger partial charge in [-0.3, -0.25) is 14.7 Å². The van der Waals surface area contributed by atoms with E-state index in [1.807, 2.05) is 41.6 Å². The summed E-state index contributed by atoms with van der Waals surface area (Å²) in [5.74, 6) is 2.46. The molecular formula is C26H26N8OS. The average Bonchev–Trinajstić information content (AvgIpc) is 3.67. The van der Waals surface area contributed by atoms with Gasteiger partial charge in [0.25, 0.3) is 0 Å². The number of aromatic nitrogens is 4. The highest BCUT2D eigenvalue weighted by molar-refractivity contribution is 7.21. The van der Waals surface area contributed by atoms with Gasteiger partial charge in [0.1, 0.15) is 16.6 Å². The molecule has 1 amide bonds. The molecule has 182 valence electrons. The number of nitrogens with one attached hydrogen (secondary N) is 1. The summed E-state index contributed by atoms with van der Waals surface area (Å²) in [5, 5.41) is 4.22. The monoisotopic (exact) mass is 498 g/mol. The Morgan fingerprint density at radius 2 is 2.00 bits per heavy atom. The van der Waals surface area contributed by atoms with Crippen molar-refractivity contribution >= 4 is 50.6 Å². The molecule has 9 nitrogen and oxygen atoms in total. The summed E-state index contributed by atoms with van der Waals surface area (Å²) in [6, 6.07) is 11.1. The second-order valence-corrected chi connectivity index (χ2v) is 10.8. The molecule has 7 rings (SSSR count). The van der Waals surface area contributed by atoms with Crippen LogP contribution in [-0.2, 0) is 4.79 Å². The quantitative estimate of drug-likeness (QED) is 0.443. The second-order valence-electron chi connectivity index (χ2n) is 9.78. The first kappa shape index (κ1) is 21.6. The minimum atomic E-state index is 0.188. The number of hydrogen-bond donors (Lipinski definition) is 1. The van der Waals surface area contributed by atoms with Crippen LogP contribution in [0.4, 0.5) is 23.1 Å². The number of hydrogen-bond acceptors (Lipinski definition) is 9. The van der Waals surface area contributed by atoms with Gasteiger partial charge in [-0.05, 0) is 32.0 Å². The number of pyridine rings is 1. The van der Waals surface area contributed by atoms with E-state index in [1.165, 1.54) is 6.42 Å². The number of fused-ring (bicyclic) bond motifs is 3. The van der Waals surface area contributed by atoms with Crippen molar-refractivity contribution in [2.24, 2.45) is 0 Å². The molecule has 10 heteroatoms. The number of nitrogens with zero attached hydrogens (tertiary/aromatic N) is 7. The van der Waals surface area contributed by atoms with Gasteiger partial charge in [-0.2, -0.15) is 0 Å². The molecule has 6 heterocycles. The van der Waals surface area contributed by atoms with Crippen LogP contribution in [0.3, 0.4) is 0 Å². The van der Waals surface area contributed by atoms with E-state index >= 15 is 0 Å². The molecule has 0 radical (unpaired) electrons. The van der Waals surface area contributed by atoms with Crippen molar-refractivity contribution in [1.29, 1.82) is 0 Å². The summed E-state index contributed by atoms with van der Waals surface area (Å²) in [6.07, 6.45) is 8.15. The topological polar surface area (TPSA) is 90.4 Å². The third kappa shape index (κ3) is 3.77. The predicted molar refractivity (Wildman–Crippen MR) is 142 cm³/mol. The normalized spacial score (nSPS) is 21.8. The van der Waals surface area contributed by atoms with Crippen molar-refractivity contribution in [3.8, 4) is 10.6 Å². The van der Waals surface area contributed by atoms with Crippen molar-refractivity contribution in [2.45, 2.75) is 31.3 Å². The van der Waals surface area contributed by atoms with Gasteiger partial charge in [0.2, 0.25) is 5.91 Å². The molecule has 0 spiro atoms. The number of carbonyl (C=O) groups excluding carboxylic acids is 1. The summed E-state index contributed by atoms with van der Waals surface area (Å²) in [5.41, 5.74) is 2.82. The lowest BCUT2D eigenvalue weighted by Gasteiger charge is -2.32. The van der Waals surface area contributed by atoms with Gasteiger partial charge in [-0.1, -0.05) is 12.1 Å². The van der Waals surface area contributed by atoms with Crippen LogP contribution in [0.15, 0.2) is 48.9 Å². The van der Waals surface area contributed by atoms with Crippen molar-refractivity contribution in [3.05, 3.63) is 48.9 Å². The zero-order valence-corrected chi connectivity index (χ0v) is 20.8. The molecule has 0 aliphatic carbocycles. The molecule has 2 bridgehead atoms. The molecule has 3 fully saturated rings. The number of thiazole rings is 1. The van der Waals surface area contributed by atoms with Crippen LogP contribution < -0.4 is 15.1 Å². The van der Waals surface area contributed by atoms with Gasteiger partial charge in [0, 0.05) is 61.7 Å². The fourth-order valence-corrected chi connectivity index (χ4v) is 6.50. The number of carbonyl (C=O) groups is 1. The highest BCUT2D eigenvalue weighted by Gasteiger charge is 2.42. The van der Waals surface area contributed by atoms with Crippen molar-refractivity contribution in [2.75, 3.05) is 41.8 Å². The smallest absolute Gasteiger partial charge is 0.227 e. The summed E-state index contributed by atoms with van der Waals surface area (Å²) in [6.45, 7) is 2.85. The Balaban J connectivity index is 1.12. The molecule has 2 atom stereocenters. The first-order valence-corrected chi connectivity index (χ1v) is 13.2. The Morgan fingerprint density at radius 3 is 2.81 bits per heavy atom. The van der Waals surface area contributed by atoms with Gasteiger partial charge < -0.3 is 15.1 Å². The third-order valence-electron chi connectivity index (χ3n) is 7.44. The van der Waals surface area contributed by atoms with E-state index in [-0.39, 0.29) is 5.91 Å². The van der Waals surface area contributed by atoms with Crippen molar-refractivity contribution in [3.63, 3.8) is 0 Å². The van der Waals surface area contributed by atoms with Gasteiger partial charge in [0.05, 0.1) is 22.6 Å². The van der Waals surface area contributed by atoms with E-state index in [4.69, 9.17) is 9.97 Å². The lowest BCUT2D eigenvalue weighted by Crippen LogP contribution is -2.44. The van der Waals surface area contributed by atoms with E-state index in [2.05, 4.69) is 38.2 Å². The van der Waals surface area contributed by atoms with E-state index in [0.29, 0.717) is 30.1 Å². The molecule has 3 aliphatic rings. The largest absolute Gasteiger partial charge is 0.349 e. The van der Waals surface area contributed by atoms with Gasteiger partial charge in [-0.15, -0.1) is 11.3 Å². The Labute approximate surface area is 212 Å². The minimum Gasteiger partial charge on any atom is -0.349 e. The van der Waals surface area contributed by atoms with Gasteiger partial charge in [-0.25, -0.2) is 15.0 Å². The molecular weight excluding hydrogens is 472 g/mol. The SMILES string of the molecule is CN1C[C@@H]2C[C@H]1CN2c1cncc(Nc2cc3nc(-c4cccc(N5CCCC5=O)c4)sc3cn2)n1. The third-order valence-corrected chi connectivity index (χ3v) is 8.50. The van der Waals surface area contributed by atoms with Crippen molar-refractivity contribution in [1.82, 2.24) is 24.8 Å². The highest BCUT2D eigenvalue weighted by Crippen LogP contribution is 2.35. The standard InChI is InChI=1S/C26H26N8OS/c1-32-14-19-9-18(32)15-34(19)24-13-27-12-23(31-24)30-22-10-20-21(11-28-22)36-26(29-20)16-4-2-5-17(8-16)33-7-3-6-25(33)35/h2,4-5,8,10-13,18-19H,3,6-7,9,14-15H2,1H3,(H,28,30,31)/t18-,19-/m0/s1. The maximum absolute atomic E-state index is 12.2. The molecule has 36 heavy (non-hydrogen) atoms. The number of anilines is 4. The van der Waals surface area contributed by atoms with Crippen LogP contribution in [0.5, 0.6) is 0 Å². The summed E-state index contributed by atoms with van der Waals surface area (Å²) >= 11 is 1.60. The molecule has 1 N–H and O–H groups in total. The zero-order valence-electron chi connectivity index (χ0n) is 20.0. The summed E-state index contributed by atoms with van der Waals surface area (Å²) in [4.78, 5) is 37.6. The predicted octanol–water partition coefficient (Wildman–Crippen LogP) is 3.91. The van der Waals surface area contributed by atoms with E-state index in [1.54, 1.807) is 17.5 Å². The van der Waals surface area contributed by atoms with Gasteiger partial charge in [0.15, 0.2) is 5.82 Å². The lowest BCUT2D eigenvalue weighted by molar-refractivity contribution is -0.117. The molecule has 3 aliphatic heterocycles. The molecule has 4 aromatic rings. The number of benzene rings is 1. The van der Waals surface area contributed by atoms with Crippen LogP contribution in [0.2, 0.25) is 0 Å². The van der Waals surface area contributed by atoms with Crippen LogP contribution in [-0.4, -0.2) is 69.5 Å². The zero-order chi connectivity index (χ0) is 24.2. The fraction of sp³-hybridized carbons (Fsp3) is 0.346. The minimum absolute atomic E-state index is 0.188. The Hall–Kier alpha value is -3.63. The van der Waals surface area contributed by atoms with Crippen LogP contribution in [0, 0.1) is 0 Å². The second kappa shape index (κ2) is 8.49. The van der Waals surface area contributed by atoms with Gasteiger partial charge >= 0.3 is 0 Å². The molecule has 3 aromatic heterocycles. The lowest BCUT2D eigenvalue weighted by atomic mass is 10.2. The van der Waals surface area contributed by atoms with E-state index in [0.717, 1.165) is 58.3 Å².